The van der Waals surface area contributed by atoms with Gasteiger partial charge in [-0.15, -0.1) is 0 Å². The standard InChI is InChI=1S/C8H11N/c1-8-5-3-2-4-6-9-7-8/h3,5-7H,2,4H2,1H3. The average molecular weight is 121 g/mol. The van der Waals surface area contributed by atoms with Crippen LogP contribution in [0.15, 0.2) is 28.9 Å². The van der Waals surface area contributed by atoms with Crippen molar-refractivity contribution in [1.29, 1.82) is 0 Å². The van der Waals surface area contributed by atoms with Gasteiger partial charge in [0.15, 0.2) is 0 Å². The van der Waals surface area contributed by atoms with Gasteiger partial charge in [-0.25, -0.2) is 0 Å². The maximum absolute atomic E-state index is 4.07. The van der Waals surface area contributed by atoms with Crippen molar-refractivity contribution in [1.82, 2.24) is 0 Å². The molecule has 0 bridgehead atoms. The SMILES string of the molecule is CC1=CN=CCCC=C1. The minimum absolute atomic E-state index is 1.07. The number of allylic oxidation sites excluding steroid dienone is 3. The first-order chi connectivity index (χ1) is 4.39. The van der Waals surface area contributed by atoms with Crippen LogP contribution in [0.3, 0.4) is 0 Å². The summed E-state index contributed by atoms with van der Waals surface area (Å²) in [4.78, 5) is 4.07. The van der Waals surface area contributed by atoms with Gasteiger partial charge in [0.25, 0.3) is 0 Å². The molecule has 48 valence electrons. The Morgan fingerprint density at radius 2 is 2.33 bits per heavy atom. The molecule has 0 spiro atoms. The van der Waals surface area contributed by atoms with Crippen molar-refractivity contribution < 1.29 is 0 Å². The van der Waals surface area contributed by atoms with Crippen LogP contribution in [-0.2, 0) is 0 Å². The van der Waals surface area contributed by atoms with Crippen LogP contribution < -0.4 is 0 Å². The molecule has 1 nitrogen and oxygen atoms in total. The lowest BCUT2D eigenvalue weighted by Crippen LogP contribution is -1.77. The summed E-state index contributed by atoms with van der Waals surface area (Å²) in [5.74, 6) is 0. The van der Waals surface area contributed by atoms with Gasteiger partial charge < -0.3 is 0 Å². The quantitative estimate of drug-likeness (QED) is 0.466. The molecule has 0 aromatic rings. The van der Waals surface area contributed by atoms with Crippen LogP contribution >= 0.6 is 0 Å². The molecule has 1 heteroatoms. The smallest absolute Gasteiger partial charge is 0.0292 e. The Morgan fingerprint density at radius 3 is 3.22 bits per heavy atom. The lowest BCUT2D eigenvalue weighted by molar-refractivity contribution is 1.10. The molecule has 1 aliphatic rings. The Morgan fingerprint density at radius 1 is 1.44 bits per heavy atom. The average Bonchev–Trinajstić information content (AvgIpc) is 1.79. The Balaban J connectivity index is 2.66. The molecule has 0 amide bonds. The molecule has 0 N–H and O–H groups in total. The molecule has 0 unspecified atom stereocenters. The lowest BCUT2D eigenvalue weighted by atomic mass is 10.2. The summed E-state index contributed by atoms with van der Waals surface area (Å²) in [5, 5.41) is 0. The lowest BCUT2D eigenvalue weighted by Gasteiger charge is -1.92. The van der Waals surface area contributed by atoms with Crippen molar-refractivity contribution in [2.45, 2.75) is 19.8 Å². The van der Waals surface area contributed by atoms with Crippen LogP contribution in [0.5, 0.6) is 0 Å². The van der Waals surface area contributed by atoms with Crippen LogP contribution in [0.1, 0.15) is 19.8 Å². The van der Waals surface area contributed by atoms with Gasteiger partial charge in [0, 0.05) is 12.4 Å². The van der Waals surface area contributed by atoms with Gasteiger partial charge in [-0.3, -0.25) is 4.99 Å². The first kappa shape index (κ1) is 6.27. The van der Waals surface area contributed by atoms with E-state index < -0.39 is 0 Å². The summed E-state index contributed by atoms with van der Waals surface area (Å²) >= 11 is 0. The van der Waals surface area contributed by atoms with Crippen LogP contribution in [-0.4, -0.2) is 6.21 Å². The molecule has 0 atom stereocenters. The van der Waals surface area contributed by atoms with E-state index in [1.807, 2.05) is 12.4 Å². The van der Waals surface area contributed by atoms with Crippen molar-refractivity contribution >= 4 is 6.21 Å². The molecule has 0 aliphatic carbocycles. The molecule has 1 aliphatic heterocycles. The minimum Gasteiger partial charge on any atom is -0.269 e. The molecular formula is C8H11N. The van der Waals surface area contributed by atoms with E-state index in [0.29, 0.717) is 0 Å². The van der Waals surface area contributed by atoms with Gasteiger partial charge in [-0.2, -0.15) is 0 Å². The van der Waals surface area contributed by atoms with Gasteiger partial charge in [0.1, 0.15) is 0 Å². The minimum atomic E-state index is 1.07. The monoisotopic (exact) mass is 121 g/mol. The maximum atomic E-state index is 4.07. The molecule has 1 heterocycles. The molecule has 0 radical (unpaired) electrons. The summed E-state index contributed by atoms with van der Waals surface area (Å²) in [6.45, 7) is 2.05. The summed E-state index contributed by atoms with van der Waals surface area (Å²) in [7, 11) is 0. The Bertz CT molecular complexity index is 163. The van der Waals surface area contributed by atoms with E-state index in [1.54, 1.807) is 0 Å². The van der Waals surface area contributed by atoms with Gasteiger partial charge in [-0.1, -0.05) is 12.2 Å². The molecule has 9 heavy (non-hydrogen) atoms. The third kappa shape index (κ3) is 2.27. The zero-order valence-corrected chi connectivity index (χ0v) is 5.67. The van der Waals surface area contributed by atoms with E-state index in [-0.39, 0.29) is 0 Å². The van der Waals surface area contributed by atoms with Gasteiger partial charge >= 0.3 is 0 Å². The summed E-state index contributed by atoms with van der Waals surface area (Å²) in [6, 6.07) is 0. The second-order valence-electron chi connectivity index (χ2n) is 2.18. The van der Waals surface area contributed by atoms with Crippen LogP contribution in [0, 0.1) is 0 Å². The van der Waals surface area contributed by atoms with Gasteiger partial charge in [0.2, 0.25) is 0 Å². The second-order valence-corrected chi connectivity index (χ2v) is 2.18. The summed E-state index contributed by atoms with van der Waals surface area (Å²) in [6.07, 6.45) is 10.3. The van der Waals surface area contributed by atoms with E-state index in [2.05, 4.69) is 24.1 Å². The zero-order valence-electron chi connectivity index (χ0n) is 5.67. The van der Waals surface area contributed by atoms with Crippen LogP contribution in [0.2, 0.25) is 0 Å². The fourth-order valence-electron chi connectivity index (χ4n) is 0.728. The Kier molecular flexibility index (Phi) is 2.25. The van der Waals surface area contributed by atoms with Crippen LogP contribution in [0.4, 0.5) is 0 Å². The number of hydrogen-bond acceptors (Lipinski definition) is 1. The van der Waals surface area contributed by atoms with Crippen molar-refractivity contribution in [3.05, 3.63) is 23.9 Å². The van der Waals surface area contributed by atoms with Gasteiger partial charge in [0.05, 0.1) is 0 Å². The predicted octanol–water partition coefficient (Wildman–Crippen LogP) is 2.31. The number of rotatable bonds is 0. The topological polar surface area (TPSA) is 12.4 Å². The normalized spacial score (nSPS) is 18.6. The molecular weight excluding hydrogens is 110 g/mol. The maximum Gasteiger partial charge on any atom is 0.0292 e. The van der Waals surface area contributed by atoms with Crippen molar-refractivity contribution in [3.8, 4) is 0 Å². The summed E-state index contributed by atoms with van der Waals surface area (Å²) < 4.78 is 0. The highest BCUT2D eigenvalue weighted by atomic mass is 14.7. The van der Waals surface area contributed by atoms with Crippen molar-refractivity contribution in [2.75, 3.05) is 0 Å². The molecule has 1 rings (SSSR count). The van der Waals surface area contributed by atoms with Crippen molar-refractivity contribution in [3.63, 3.8) is 0 Å². The highest BCUT2D eigenvalue weighted by molar-refractivity contribution is 5.58. The van der Waals surface area contributed by atoms with Crippen LogP contribution in [0.25, 0.3) is 0 Å². The largest absolute Gasteiger partial charge is 0.269 e. The van der Waals surface area contributed by atoms with Crippen molar-refractivity contribution in [2.24, 2.45) is 4.99 Å². The van der Waals surface area contributed by atoms with Gasteiger partial charge in [-0.05, 0) is 25.3 Å². The Hall–Kier alpha value is -0.850. The fraction of sp³-hybridized carbons (Fsp3) is 0.375. The first-order valence-corrected chi connectivity index (χ1v) is 3.24. The molecule has 0 aromatic heterocycles. The molecule has 0 saturated heterocycles. The highest BCUT2D eigenvalue weighted by Crippen LogP contribution is 2.00. The van der Waals surface area contributed by atoms with E-state index >= 15 is 0 Å². The molecule has 0 aromatic carbocycles. The fourth-order valence-corrected chi connectivity index (χ4v) is 0.728. The number of nitrogens with zero attached hydrogens (tertiary/aromatic N) is 1. The predicted molar refractivity (Wildman–Crippen MR) is 40.6 cm³/mol. The third-order valence-electron chi connectivity index (χ3n) is 1.23. The highest BCUT2D eigenvalue weighted by Gasteiger charge is 1.83. The van der Waals surface area contributed by atoms with E-state index in [9.17, 15) is 0 Å². The zero-order chi connectivity index (χ0) is 6.53. The second kappa shape index (κ2) is 3.23. The Labute approximate surface area is 55.8 Å². The van der Waals surface area contributed by atoms with E-state index in [4.69, 9.17) is 0 Å². The van der Waals surface area contributed by atoms with E-state index in [1.165, 1.54) is 5.57 Å². The first-order valence-electron chi connectivity index (χ1n) is 3.24. The third-order valence-corrected chi connectivity index (χ3v) is 1.23. The number of hydrogen-bond donors (Lipinski definition) is 0. The van der Waals surface area contributed by atoms with E-state index in [0.717, 1.165) is 12.8 Å². The molecule has 0 saturated carbocycles. The number of aliphatic imine (C=N–C) groups is 1. The molecule has 0 fully saturated rings. The summed E-state index contributed by atoms with van der Waals surface area (Å²) in [5.41, 5.74) is 1.23.